The number of nitrogens with one attached hydrogen (secondary N) is 3. The summed E-state index contributed by atoms with van der Waals surface area (Å²) in [5, 5.41) is 6.59. The molecule has 0 saturated heterocycles. The highest BCUT2D eigenvalue weighted by Gasteiger charge is 2.14. The van der Waals surface area contributed by atoms with Crippen LogP contribution in [0.15, 0.2) is 60.7 Å². The Morgan fingerprint density at radius 2 is 1.87 bits per heavy atom. The van der Waals surface area contributed by atoms with Crippen molar-refractivity contribution in [1.29, 1.82) is 0 Å². The van der Waals surface area contributed by atoms with Gasteiger partial charge in [0.25, 0.3) is 5.91 Å². The van der Waals surface area contributed by atoms with Crippen molar-refractivity contribution in [3.05, 3.63) is 81.8 Å². The van der Waals surface area contributed by atoms with Crippen LogP contribution >= 0.6 is 35.4 Å². The number of hydrogen-bond acceptors (Lipinski definition) is 3. The lowest BCUT2D eigenvalue weighted by atomic mass is 10.1. The van der Waals surface area contributed by atoms with Gasteiger partial charge >= 0.3 is 0 Å². The average molecular weight is 455 g/mol. The van der Waals surface area contributed by atoms with Crippen molar-refractivity contribution in [2.75, 3.05) is 5.32 Å². The SMILES string of the molecule is Cc1ccc(-c2nc3ccccc3[nH]2)cc1NC(=S)NC(=O)c1ccc(Cl)cc1Cl. The van der Waals surface area contributed by atoms with Gasteiger partial charge in [0.15, 0.2) is 5.11 Å². The van der Waals surface area contributed by atoms with Crippen LogP contribution in [0.2, 0.25) is 10.0 Å². The summed E-state index contributed by atoms with van der Waals surface area (Å²) in [7, 11) is 0. The maximum atomic E-state index is 12.5. The van der Waals surface area contributed by atoms with Crippen LogP contribution in [0.3, 0.4) is 0 Å². The molecule has 0 spiro atoms. The summed E-state index contributed by atoms with van der Waals surface area (Å²) in [6, 6.07) is 18.4. The van der Waals surface area contributed by atoms with E-state index in [1.165, 1.54) is 6.07 Å². The minimum absolute atomic E-state index is 0.163. The number of benzene rings is 3. The summed E-state index contributed by atoms with van der Waals surface area (Å²) in [4.78, 5) is 20.4. The molecule has 0 saturated carbocycles. The second-order valence-electron chi connectivity index (χ2n) is 6.66. The first kappa shape index (κ1) is 20.3. The number of thiocarbonyl (C=S) groups is 1. The Bertz CT molecular complexity index is 1250. The Morgan fingerprint density at radius 1 is 1.07 bits per heavy atom. The van der Waals surface area contributed by atoms with Gasteiger partial charge in [-0.25, -0.2) is 4.98 Å². The predicted molar refractivity (Wildman–Crippen MR) is 126 cm³/mol. The van der Waals surface area contributed by atoms with Crippen LogP contribution in [0.1, 0.15) is 15.9 Å². The number of aromatic nitrogens is 2. The van der Waals surface area contributed by atoms with Crippen molar-refractivity contribution in [1.82, 2.24) is 15.3 Å². The molecule has 0 fully saturated rings. The molecule has 1 heterocycles. The van der Waals surface area contributed by atoms with Gasteiger partial charge in [-0.2, -0.15) is 0 Å². The van der Waals surface area contributed by atoms with Gasteiger partial charge in [-0.15, -0.1) is 0 Å². The Hall–Kier alpha value is -2.93. The molecule has 0 unspecified atom stereocenters. The van der Waals surface area contributed by atoms with Gasteiger partial charge in [0.2, 0.25) is 0 Å². The number of aryl methyl sites for hydroxylation is 1. The summed E-state index contributed by atoms with van der Waals surface area (Å²) in [6.07, 6.45) is 0. The highest BCUT2D eigenvalue weighted by atomic mass is 35.5. The van der Waals surface area contributed by atoms with Crippen molar-refractivity contribution < 1.29 is 4.79 Å². The third-order valence-electron chi connectivity index (χ3n) is 4.55. The van der Waals surface area contributed by atoms with Crippen LogP contribution in [-0.2, 0) is 0 Å². The summed E-state index contributed by atoms with van der Waals surface area (Å²) in [5.41, 5.74) is 4.78. The summed E-state index contributed by atoms with van der Waals surface area (Å²) >= 11 is 17.3. The van der Waals surface area contributed by atoms with Crippen LogP contribution in [0, 0.1) is 6.92 Å². The molecule has 0 aliphatic heterocycles. The van der Waals surface area contributed by atoms with E-state index in [9.17, 15) is 4.79 Å². The van der Waals surface area contributed by atoms with Crippen LogP contribution in [-0.4, -0.2) is 21.0 Å². The van der Waals surface area contributed by atoms with E-state index >= 15 is 0 Å². The lowest BCUT2D eigenvalue weighted by molar-refractivity contribution is 0.0978. The number of nitrogens with zero attached hydrogens (tertiary/aromatic N) is 1. The third-order valence-corrected chi connectivity index (χ3v) is 5.30. The summed E-state index contributed by atoms with van der Waals surface area (Å²) < 4.78 is 0. The van der Waals surface area contributed by atoms with E-state index in [0.717, 1.165) is 33.7 Å². The quantitative estimate of drug-likeness (QED) is 0.333. The number of rotatable bonds is 3. The van der Waals surface area contributed by atoms with Crippen LogP contribution in [0.4, 0.5) is 5.69 Å². The molecule has 3 aromatic carbocycles. The molecule has 4 rings (SSSR count). The fourth-order valence-corrected chi connectivity index (χ4v) is 3.69. The first-order valence-electron chi connectivity index (χ1n) is 9.04. The molecule has 0 aliphatic rings. The van der Waals surface area contributed by atoms with Gasteiger partial charge in [-0.3, -0.25) is 10.1 Å². The van der Waals surface area contributed by atoms with Gasteiger partial charge < -0.3 is 10.3 Å². The largest absolute Gasteiger partial charge is 0.338 e. The van der Waals surface area contributed by atoms with Crippen LogP contribution in [0.5, 0.6) is 0 Å². The number of para-hydroxylation sites is 2. The average Bonchev–Trinajstić information content (AvgIpc) is 3.13. The summed E-state index contributed by atoms with van der Waals surface area (Å²) in [6.45, 7) is 1.95. The molecular weight excluding hydrogens is 439 g/mol. The second kappa shape index (κ2) is 8.44. The molecule has 150 valence electrons. The zero-order chi connectivity index (χ0) is 21.3. The van der Waals surface area contributed by atoms with Crippen molar-refractivity contribution in [3.63, 3.8) is 0 Å². The van der Waals surface area contributed by atoms with Crippen LogP contribution < -0.4 is 10.6 Å². The Kier molecular flexibility index (Phi) is 5.72. The molecule has 1 amide bonds. The van der Waals surface area contributed by atoms with Gasteiger partial charge in [-0.05, 0) is 61.1 Å². The van der Waals surface area contributed by atoms with Gasteiger partial charge in [-0.1, -0.05) is 47.5 Å². The topological polar surface area (TPSA) is 69.8 Å². The van der Waals surface area contributed by atoms with Crippen molar-refractivity contribution in [2.45, 2.75) is 6.92 Å². The van der Waals surface area contributed by atoms with E-state index in [2.05, 4.69) is 20.6 Å². The smallest absolute Gasteiger partial charge is 0.258 e. The number of hydrogen-bond donors (Lipinski definition) is 3. The molecule has 1 aromatic heterocycles. The van der Waals surface area contributed by atoms with E-state index in [0.29, 0.717) is 5.02 Å². The standard InChI is InChI=1S/C22H16Cl2N4OS/c1-12-6-7-13(20-25-17-4-2-3-5-18(17)26-20)10-19(12)27-22(30)28-21(29)15-9-8-14(23)11-16(15)24/h2-11H,1H3,(H,25,26)(H2,27,28,29,30). The second-order valence-corrected chi connectivity index (χ2v) is 7.92. The number of carbonyl (C=O) groups excluding carboxylic acids is 1. The van der Waals surface area contributed by atoms with E-state index < -0.39 is 5.91 Å². The Balaban J connectivity index is 1.53. The lowest BCUT2D eigenvalue weighted by Crippen LogP contribution is -2.34. The fraction of sp³-hybridized carbons (Fsp3) is 0.0455. The zero-order valence-electron chi connectivity index (χ0n) is 15.8. The van der Waals surface area contributed by atoms with Gasteiger partial charge in [0, 0.05) is 16.3 Å². The Morgan fingerprint density at radius 3 is 2.63 bits per heavy atom. The highest BCUT2D eigenvalue weighted by Crippen LogP contribution is 2.26. The zero-order valence-corrected chi connectivity index (χ0v) is 18.1. The van der Waals surface area contributed by atoms with Crippen LogP contribution in [0.25, 0.3) is 22.4 Å². The van der Waals surface area contributed by atoms with Gasteiger partial charge in [0.05, 0.1) is 21.6 Å². The molecular formula is C22H16Cl2N4OS. The first-order chi connectivity index (χ1) is 14.4. The van der Waals surface area contributed by atoms with Gasteiger partial charge in [0.1, 0.15) is 5.82 Å². The first-order valence-corrected chi connectivity index (χ1v) is 10.2. The predicted octanol–water partition coefficient (Wildman–Crippen LogP) is 5.97. The van der Waals surface area contributed by atoms with E-state index in [1.807, 2.05) is 49.4 Å². The number of carbonyl (C=O) groups is 1. The monoisotopic (exact) mass is 454 g/mol. The normalized spacial score (nSPS) is 10.8. The molecule has 0 aliphatic carbocycles. The molecule has 0 atom stereocenters. The number of H-pyrrole nitrogens is 1. The number of fused-ring (bicyclic) bond motifs is 1. The maximum absolute atomic E-state index is 12.5. The Labute approximate surface area is 188 Å². The van der Waals surface area contributed by atoms with Crippen molar-refractivity contribution in [2.24, 2.45) is 0 Å². The molecule has 5 nitrogen and oxygen atoms in total. The number of halogens is 2. The number of aromatic amines is 1. The van der Waals surface area contributed by atoms with Crippen molar-refractivity contribution in [3.8, 4) is 11.4 Å². The summed E-state index contributed by atoms with van der Waals surface area (Å²) in [5.74, 6) is 0.336. The van der Waals surface area contributed by atoms with E-state index in [4.69, 9.17) is 35.4 Å². The van der Waals surface area contributed by atoms with E-state index in [-0.39, 0.29) is 15.7 Å². The minimum Gasteiger partial charge on any atom is -0.338 e. The van der Waals surface area contributed by atoms with E-state index in [1.54, 1.807) is 12.1 Å². The number of amides is 1. The number of anilines is 1. The van der Waals surface area contributed by atoms with Crippen molar-refractivity contribution >= 4 is 63.2 Å². The lowest BCUT2D eigenvalue weighted by Gasteiger charge is -2.13. The fourth-order valence-electron chi connectivity index (χ4n) is 2.99. The highest BCUT2D eigenvalue weighted by molar-refractivity contribution is 7.80. The number of imidazole rings is 1. The molecule has 30 heavy (non-hydrogen) atoms. The third kappa shape index (κ3) is 4.31. The maximum Gasteiger partial charge on any atom is 0.258 e. The molecule has 3 N–H and O–H groups in total. The minimum atomic E-state index is -0.416. The molecule has 4 aromatic rings. The molecule has 8 heteroatoms. The molecule has 0 bridgehead atoms. The molecule has 0 radical (unpaired) electrons.